The summed E-state index contributed by atoms with van der Waals surface area (Å²) >= 11 is 1.41. The van der Waals surface area contributed by atoms with Crippen molar-refractivity contribution in [3.05, 3.63) is 34.5 Å². The largest absolute Gasteiger partial charge is 0.497 e. The molecule has 2 N–H and O–H groups in total. The van der Waals surface area contributed by atoms with E-state index in [0.29, 0.717) is 22.1 Å². The number of anilines is 2. The van der Waals surface area contributed by atoms with Crippen LogP contribution in [0.2, 0.25) is 0 Å². The van der Waals surface area contributed by atoms with Gasteiger partial charge in [-0.1, -0.05) is 0 Å². The Morgan fingerprint density at radius 3 is 2.35 bits per heavy atom. The Morgan fingerprint density at radius 1 is 1.10 bits per heavy atom. The first kappa shape index (κ1) is 21.3. The zero-order valence-corrected chi connectivity index (χ0v) is 19.4. The number of carbonyl (C=O) groups excluding carboxylic acids is 1. The summed E-state index contributed by atoms with van der Waals surface area (Å²) in [7, 11) is 5.38. The molecule has 0 unspecified atom stereocenters. The van der Waals surface area contributed by atoms with Crippen LogP contribution in [-0.2, 0) is 0 Å². The number of quaternary nitrogens is 1. The molecule has 1 amide bonds. The van der Waals surface area contributed by atoms with Crippen LogP contribution < -0.4 is 24.6 Å². The van der Waals surface area contributed by atoms with Gasteiger partial charge in [0.1, 0.15) is 28.0 Å². The highest BCUT2D eigenvalue weighted by molar-refractivity contribution is 7.20. The van der Waals surface area contributed by atoms with Gasteiger partial charge in [0.05, 0.1) is 57.7 Å². The molecule has 31 heavy (non-hydrogen) atoms. The minimum Gasteiger partial charge on any atom is -0.497 e. The van der Waals surface area contributed by atoms with Gasteiger partial charge in [0, 0.05) is 23.9 Å². The van der Waals surface area contributed by atoms with Crippen LogP contribution in [0.3, 0.4) is 0 Å². The third-order valence-electron chi connectivity index (χ3n) is 5.61. The summed E-state index contributed by atoms with van der Waals surface area (Å²) in [5.74, 6) is 2.71. The predicted octanol–water partition coefficient (Wildman–Crippen LogP) is 1.91. The van der Waals surface area contributed by atoms with Crippen LogP contribution in [0, 0.1) is 13.8 Å². The van der Waals surface area contributed by atoms with E-state index in [9.17, 15) is 4.79 Å². The maximum absolute atomic E-state index is 13.2. The van der Waals surface area contributed by atoms with Crippen LogP contribution in [0.4, 0.5) is 11.5 Å². The van der Waals surface area contributed by atoms with Crippen molar-refractivity contribution in [1.82, 2.24) is 9.97 Å². The zero-order valence-electron chi connectivity index (χ0n) is 18.5. The number of methoxy groups -OCH3 is 2. The number of nitrogens with one attached hydrogen (secondary N) is 2. The van der Waals surface area contributed by atoms with Gasteiger partial charge in [-0.2, -0.15) is 0 Å². The minimum atomic E-state index is -0.178. The maximum atomic E-state index is 13.2. The molecule has 4 rings (SSSR count). The molecule has 0 aliphatic carbocycles. The monoisotopic (exact) mass is 442 g/mol. The molecule has 164 valence electrons. The smallest absolute Gasteiger partial charge is 0.266 e. The van der Waals surface area contributed by atoms with Crippen molar-refractivity contribution in [3.8, 4) is 11.5 Å². The lowest BCUT2D eigenvalue weighted by atomic mass is 10.1. The average molecular weight is 443 g/mol. The number of hydrogen-bond donors (Lipinski definition) is 2. The average Bonchev–Trinajstić information content (AvgIpc) is 3.09. The number of carbonyl (C=O) groups is 1. The molecule has 1 aromatic carbocycles. The predicted molar refractivity (Wildman–Crippen MR) is 123 cm³/mol. The summed E-state index contributed by atoms with van der Waals surface area (Å²) in [5, 5.41) is 3.95. The topological polar surface area (TPSA) is 81.0 Å². The molecule has 3 aromatic rings. The maximum Gasteiger partial charge on any atom is 0.266 e. The lowest BCUT2D eigenvalue weighted by Gasteiger charge is -2.31. The highest BCUT2D eigenvalue weighted by Gasteiger charge is 2.25. The normalized spacial score (nSPS) is 14.7. The van der Waals surface area contributed by atoms with Crippen LogP contribution in [0.25, 0.3) is 10.2 Å². The number of amides is 1. The van der Waals surface area contributed by atoms with Crippen molar-refractivity contribution in [2.24, 2.45) is 0 Å². The Morgan fingerprint density at radius 2 is 1.74 bits per heavy atom. The van der Waals surface area contributed by atoms with E-state index < -0.39 is 0 Å². The molecule has 0 saturated carbocycles. The van der Waals surface area contributed by atoms with Crippen LogP contribution in [-0.4, -0.2) is 63.3 Å². The molecule has 2 aromatic heterocycles. The van der Waals surface area contributed by atoms with Crippen molar-refractivity contribution < 1.29 is 19.2 Å². The quantitative estimate of drug-likeness (QED) is 0.628. The van der Waals surface area contributed by atoms with E-state index in [-0.39, 0.29) is 5.91 Å². The van der Waals surface area contributed by atoms with E-state index in [1.807, 2.05) is 13.8 Å². The van der Waals surface area contributed by atoms with Crippen molar-refractivity contribution in [2.75, 3.05) is 57.7 Å². The molecular formula is C22H28N5O3S+. The third kappa shape index (κ3) is 4.28. The second kappa shape index (κ2) is 8.68. The number of hydrogen-bond acceptors (Lipinski definition) is 7. The van der Waals surface area contributed by atoms with Gasteiger partial charge in [-0.3, -0.25) is 4.79 Å². The molecule has 1 fully saturated rings. The Labute approximate surface area is 185 Å². The van der Waals surface area contributed by atoms with Crippen molar-refractivity contribution in [3.63, 3.8) is 0 Å². The van der Waals surface area contributed by atoms with Crippen molar-refractivity contribution >= 4 is 39.0 Å². The van der Waals surface area contributed by atoms with E-state index in [0.717, 1.165) is 53.6 Å². The fraction of sp³-hybridized carbons (Fsp3) is 0.409. The van der Waals surface area contributed by atoms with Gasteiger partial charge >= 0.3 is 0 Å². The molecule has 0 atom stereocenters. The highest BCUT2D eigenvalue weighted by Crippen LogP contribution is 2.36. The van der Waals surface area contributed by atoms with Gasteiger partial charge in [0.25, 0.3) is 5.91 Å². The van der Waals surface area contributed by atoms with E-state index in [1.165, 1.54) is 16.2 Å². The molecule has 3 heterocycles. The number of rotatable bonds is 5. The van der Waals surface area contributed by atoms with Crippen LogP contribution in [0.15, 0.2) is 18.2 Å². The Kier molecular flexibility index (Phi) is 5.97. The van der Waals surface area contributed by atoms with E-state index in [2.05, 4.69) is 22.2 Å². The second-order valence-electron chi connectivity index (χ2n) is 7.83. The Hall–Kier alpha value is -2.91. The number of nitrogens with zero attached hydrogens (tertiary/aromatic N) is 3. The van der Waals surface area contributed by atoms with Gasteiger partial charge in [-0.25, -0.2) is 9.97 Å². The standard InChI is InChI=1S/C22H27N5O3S/c1-13-18-20(27-8-6-26(3)7-9-27)23-14(2)24-22(18)31-19(13)21(28)25-15-10-16(29-4)12-17(11-15)30-5/h10-12H,6-9H2,1-5H3,(H,25,28)/p+1. The van der Waals surface area contributed by atoms with Gasteiger partial charge in [-0.15, -0.1) is 11.3 Å². The summed E-state index contributed by atoms with van der Waals surface area (Å²) in [6.45, 7) is 7.90. The molecule has 1 aliphatic heterocycles. The van der Waals surface area contributed by atoms with Crippen LogP contribution in [0.1, 0.15) is 21.1 Å². The first-order chi connectivity index (χ1) is 14.9. The number of likely N-dealkylation sites (N-methyl/N-ethyl adjacent to an activating group) is 1. The number of ether oxygens (including phenoxy) is 2. The molecule has 0 bridgehead atoms. The fourth-order valence-electron chi connectivity index (χ4n) is 3.83. The summed E-state index contributed by atoms with van der Waals surface area (Å²) in [5.41, 5.74) is 1.52. The van der Waals surface area contributed by atoms with E-state index in [1.54, 1.807) is 32.4 Å². The SMILES string of the molecule is COc1cc(NC(=O)c2sc3nc(C)nc(N4CC[NH+](C)CC4)c3c2C)cc(OC)c1. The van der Waals surface area contributed by atoms with E-state index >= 15 is 0 Å². The van der Waals surface area contributed by atoms with E-state index in [4.69, 9.17) is 14.5 Å². The van der Waals surface area contributed by atoms with Crippen LogP contribution >= 0.6 is 11.3 Å². The highest BCUT2D eigenvalue weighted by atomic mass is 32.1. The Bertz CT molecular complexity index is 1100. The van der Waals surface area contributed by atoms with Crippen molar-refractivity contribution in [2.45, 2.75) is 13.8 Å². The minimum absolute atomic E-state index is 0.178. The number of thiophene rings is 1. The first-order valence-corrected chi connectivity index (χ1v) is 11.1. The fourth-order valence-corrected chi connectivity index (χ4v) is 4.95. The van der Waals surface area contributed by atoms with Gasteiger partial charge in [-0.05, 0) is 19.4 Å². The lowest BCUT2D eigenvalue weighted by Crippen LogP contribution is -3.12. The van der Waals surface area contributed by atoms with Crippen LogP contribution in [0.5, 0.6) is 11.5 Å². The van der Waals surface area contributed by atoms with Gasteiger partial charge in [0.15, 0.2) is 0 Å². The second-order valence-corrected chi connectivity index (χ2v) is 8.83. The summed E-state index contributed by atoms with van der Waals surface area (Å²) in [6.07, 6.45) is 0. The third-order valence-corrected chi connectivity index (χ3v) is 6.80. The summed E-state index contributed by atoms with van der Waals surface area (Å²) in [6, 6.07) is 5.30. The molecule has 9 heteroatoms. The Balaban J connectivity index is 1.69. The van der Waals surface area contributed by atoms with Crippen molar-refractivity contribution in [1.29, 1.82) is 0 Å². The molecule has 0 spiro atoms. The number of benzene rings is 1. The molecule has 1 saturated heterocycles. The van der Waals surface area contributed by atoms with Gasteiger partial charge in [0.2, 0.25) is 0 Å². The molecular weight excluding hydrogens is 414 g/mol. The lowest BCUT2D eigenvalue weighted by molar-refractivity contribution is -0.880. The number of piperazine rings is 1. The molecule has 1 aliphatic rings. The molecule has 8 nitrogen and oxygen atoms in total. The molecule has 0 radical (unpaired) electrons. The number of aryl methyl sites for hydroxylation is 2. The first-order valence-electron chi connectivity index (χ1n) is 10.3. The summed E-state index contributed by atoms with van der Waals surface area (Å²) in [4.78, 5) is 27.9. The van der Waals surface area contributed by atoms with Gasteiger partial charge < -0.3 is 24.6 Å². The number of aromatic nitrogens is 2. The number of fused-ring (bicyclic) bond motifs is 1. The summed E-state index contributed by atoms with van der Waals surface area (Å²) < 4.78 is 10.6. The zero-order chi connectivity index (χ0) is 22.1.